The third kappa shape index (κ3) is 4.52. The van der Waals surface area contributed by atoms with Crippen LogP contribution in [0, 0.1) is 0 Å². The molecule has 1 amide bonds. The molecule has 0 aliphatic carbocycles. The van der Waals surface area contributed by atoms with Crippen LogP contribution in [0.15, 0.2) is 64.0 Å². The van der Waals surface area contributed by atoms with Gasteiger partial charge in [0.2, 0.25) is 17.7 Å². The molecule has 3 heterocycles. The molecule has 0 radical (unpaired) electrons. The fourth-order valence-corrected chi connectivity index (χ4v) is 3.44. The largest absolute Gasteiger partial charge is 0.421 e. The number of thiophene rings is 1. The van der Waals surface area contributed by atoms with Gasteiger partial charge in [-0.05, 0) is 28.6 Å². The Hall–Kier alpha value is -3.26. The number of rotatable bonds is 8. The van der Waals surface area contributed by atoms with E-state index in [9.17, 15) is 4.79 Å². The van der Waals surface area contributed by atoms with E-state index in [1.165, 1.54) is 0 Å². The van der Waals surface area contributed by atoms with Gasteiger partial charge in [0.25, 0.3) is 0 Å². The van der Waals surface area contributed by atoms with Crippen molar-refractivity contribution in [1.29, 1.82) is 0 Å². The highest BCUT2D eigenvalue weighted by molar-refractivity contribution is 7.08. The van der Waals surface area contributed by atoms with Crippen LogP contribution in [0.25, 0.3) is 11.5 Å². The molecule has 0 atom stereocenters. The Morgan fingerprint density at radius 2 is 2.04 bits per heavy atom. The molecule has 0 fully saturated rings. The first-order chi connectivity index (χ1) is 13.8. The second-order valence-electron chi connectivity index (χ2n) is 6.26. The summed E-state index contributed by atoms with van der Waals surface area (Å²) in [5.74, 6) is 0.906. The summed E-state index contributed by atoms with van der Waals surface area (Å²) in [7, 11) is 0. The van der Waals surface area contributed by atoms with Crippen molar-refractivity contribution in [3.05, 3.63) is 76.6 Å². The molecule has 1 N–H and O–H groups in total. The molecule has 0 aliphatic rings. The van der Waals surface area contributed by atoms with Crippen LogP contribution < -0.4 is 5.32 Å². The van der Waals surface area contributed by atoms with Crippen molar-refractivity contribution >= 4 is 17.2 Å². The summed E-state index contributed by atoms with van der Waals surface area (Å²) in [5.41, 5.74) is 3.11. The van der Waals surface area contributed by atoms with Crippen molar-refractivity contribution in [3.63, 3.8) is 0 Å². The fraction of sp³-hybridized carbons (Fsp3) is 0.200. The summed E-state index contributed by atoms with van der Waals surface area (Å²) >= 11 is 1.57. The summed E-state index contributed by atoms with van der Waals surface area (Å²) < 4.78 is 7.48. The average Bonchev–Trinajstić information content (AvgIpc) is 3.48. The summed E-state index contributed by atoms with van der Waals surface area (Å²) in [6.45, 7) is 1.15. The number of hydrogen-bond acceptors (Lipinski definition) is 6. The van der Waals surface area contributed by atoms with E-state index in [2.05, 4.69) is 20.6 Å². The number of aryl methyl sites for hydroxylation is 1. The number of aromatic nitrogens is 4. The normalized spacial score (nSPS) is 10.9. The molecule has 0 saturated carbocycles. The van der Waals surface area contributed by atoms with Crippen molar-refractivity contribution in [2.45, 2.75) is 25.9 Å². The highest BCUT2D eigenvalue weighted by Crippen LogP contribution is 2.20. The monoisotopic (exact) mass is 393 g/mol. The van der Waals surface area contributed by atoms with Crippen LogP contribution in [0.5, 0.6) is 0 Å². The molecule has 7 nitrogen and oxygen atoms in total. The minimum atomic E-state index is -0.0517. The first-order valence-corrected chi connectivity index (χ1v) is 9.88. The first kappa shape index (κ1) is 18.1. The Bertz CT molecular complexity index is 1020. The Morgan fingerprint density at radius 3 is 2.82 bits per heavy atom. The van der Waals surface area contributed by atoms with E-state index in [0.29, 0.717) is 37.7 Å². The molecule has 0 saturated heterocycles. The van der Waals surface area contributed by atoms with Gasteiger partial charge < -0.3 is 9.73 Å². The molecule has 4 rings (SSSR count). The van der Waals surface area contributed by atoms with Crippen LogP contribution in [0.3, 0.4) is 0 Å². The lowest BCUT2D eigenvalue weighted by atomic mass is 10.1. The lowest BCUT2D eigenvalue weighted by Gasteiger charge is -2.10. The van der Waals surface area contributed by atoms with E-state index in [4.69, 9.17) is 4.42 Å². The van der Waals surface area contributed by atoms with Gasteiger partial charge >= 0.3 is 0 Å². The molecule has 142 valence electrons. The smallest absolute Gasteiger partial charge is 0.248 e. The number of benzene rings is 1. The number of carbonyl (C=O) groups is 1. The van der Waals surface area contributed by atoms with Gasteiger partial charge in [0, 0.05) is 42.7 Å². The highest BCUT2D eigenvalue weighted by atomic mass is 32.1. The molecule has 0 unspecified atom stereocenters. The molecule has 8 heteroatoms. The molecule has 4 aromatic rings. The third-order valence-electron chi connectivity index (χ3n) is 4.29. The van der Waals surface area contributed by atoms with Gasteiger partial charge in [0.1, 0.15) is 0 Å². The molecular formula is C20H19N5O2S. The van der Waals surface area contributed by atoms with Crippen LogP contribution in [0.4, 0.5) is 0 Å². The molecule has 1 aromatic carbocycles. The second-order valence-corrected chi connectivity index (χ2v) is 7.04. The van der Waals surface area contributed by atoms with E-state index < -0.39 is 0 Å². The summed E-state index contributed by atoms with van der Waals surface area (Å²) in [4.78, 5) is 12.2. The maximum absolute atomic E-state index is 12.2. The number of carbonyl (C=O) groups excluding carboxylic acids is 1. The number of amides is 1. The molecule has 0 spiro atoms. The zero-order chi connectivity index (χ0) is 19.2. The summed E-state index contributed by atoms with van der Waals surface area (Å²) in [6, 6.07) is 11.8. The van der Waals surface area contributed by atoms with Crippen molar-refractivity contribution in [2.75, 3.05) is 0 Å². The van der Waals surface area contributed by atoms with Gasteiger partial charge in [0.05, 0.1) is 6.54 Å². The first-order valence-electron chi connectivity index (χ1n) is 8.94. The maximum Gasteiger partial charge on any atom is 0.248 e. The van der Waals surface area contributed by atoms with E-state index in [1.807, 2.05) is 58.0 Å². The quantitative estimate of drug-likeness (QED) is 0.496. The lowest BCUT2D eigenvalue weighted by Crippen LogP contribution is -2.24. The van der Waals surface area contributed by atoms with Crippen LogP contribution in [-0.4, -0.2) is 25.9 Å². The number of nitrogens with zero attached hydrogens (tertiary/aromatic N) is 4. The Kier molecular flexibility index (Phi) is 5.58. The molecule has 0 bridgehead atoms. The van der Waals surface area contributed by atoms with Crippen molar-refractivity contribution in [1.82, 2.24) is 25.3 Å². The zero-order valence-electron chi connectivity index (χ0n) is 15.1. The van der Waals surface area contributed by atoms with Gasteiger partial charge in [0.15, 0.2) is 0 Å². The maximum atomic E-state index is 12.2. The van der Waals surface area contributed by atoms with Gasteiger partial charge in [-0.25, -0.2) is 0 Å². The Labute approximate surface area is 166 Å². The zero-order valence-corrected chi connectivity index (χ0v) is 15.9. The van der Waals surface area contributed by atoms with Crippen molar-refractivity contribution in [2.24, 2.45) is 0 Å². The van der Waals surface area contributed by atoms with Gasteiger partial charge in [-0.2, -0.15) is 16.4 Å². The van der Waals surface area contributed by atoms with Crippen LogP contribution >= 0.6 is 11.3 Å². The average molecular weight is 393 g/mol. The van der Waals surface area contributed by atoms with Crippen LogP contribution in [0.1, 0.15) is 23.4 Å². The molecular weight excluding hydrogens is 374 g/mol. The molecule has 28 heavy (non-hydrogen) atoms. The number of nitrogens with one attached hydrogen (secondary N) is 1. The SMILES string of the molecule is O=C(CCc1nnc(-c2ccsc2)o1)NCc1ccccc1Cn1cccn1. The van der Waals surface area contributed by atoms with Crippen LogP contribution in [0.2, 0.25) is 0 Å². The van der Waals surface area contributed by atoms with Gasteiger partial charge in [-0.1, -0.05) is 24.3 Å². The number of hydrogen-bond donors (Lipinski definition) is 1. The third-order valence-corrected chi connectivity index (χ3v) is 4.97. The Morgan fingerprint density at radius 1 is 1.14 bits per heavy atom. The van der Waals surface area contributed by atoms with Gasteiger partial charge in [-0.3, -0.25) is 9.48 Å². The predicted molar refractivity (Wildman–Crippen MR) is 106 cm³/mol. The van der Waals surface area contributed by atoms with Crippen molar-refractivity contribution < 1.29 is 9.21 Å². The van der Waals surface area contributed by atoms with E-state index in [-0.39, 0.29) is 5.91 Å². The highest BCUT2D eigenvalue weighted by Gasteiger charge is 2.11. The molecule has 0 aliphatic heterocycles. The second kappa shape index (κ2) is 8.62. The van der Waals surface area contributed by atoms with E-state index in [1.54, 1.807) is 17.5 Å². The van der Waals surface area contributed by atoms with Crippen molar-refractivity contribution in [3.8, 4) is 11.5 Å². The molecule has 3 aromatic heterocycles. The van der Waals surface area contributed by atoms with Crippen LogP contribution in [-0.2, 0) is 24.3 Å². The van der Waals surface area contributed by atoms with E-state index in [0.717, 1.165) is 16.7 Å². The minimum Gasteiger partial charge on any atom is -0.421 e. The van der Waals surface area contributed by atoms with E-state index >= 15 is 0 Å². The van der Waals surface area contributed by atoms with Gasteiger partial charge in [-0.15, -0.1) is 10.2 Å². The fourth-order valence-electron chi connectivity index (χ4n) is 2.81. The summed E-state index contributed by atoms with van der Waals surface area (Å²) in [6.07, 6.45) is 4.39. The Balaban J connectivity index is 1.29. The summed E-state index contributed by atoms with van der Waals surface area (Å²) in [5, 5.41) is 19.2. The minimum absolute atomic E-state index is 0.0517. The standard InChI is InChI=1S/C20H19N5O2S/c26-18(6-7-19-23-24-20(27-19)17-8-11-28-14-17)21-12-15-4-1-2-5-16(15)13-25-10-3-9-22-25/h1-5,8-11,14H,6-7,12-13H2,(H,21,26). The lowest BCUT2D eigenvalue weighted by molar-refractivity contribution is -0.121. The predicted octanol–water partition coefficient (Wildman–Crippen LogP) is 3.29. The topological polar surface area (TPSA) is 85.8 Å².